The first-order valence-corrected chi connectivity index (χ1v) is 21.1. The highest BCUT2D eigenvalue weighted by atomic mass is 16.5. The summed E-state index contributed by atoms with van der Waals surface area (Å²) in [6.07, 6.45) is 2.84. The Bertz CT molecular complexity index is 2570. The van der Waals surface area contributed by atoms with Gasteiger partial charge in [0.1, 0.15) is 23.7 Å². The minimum absolute atomic E-state index is 0.0755. The molecule has 62 heavy (non-hydrogen) atoms. The van der Waals surface area contributed by atoms with Gasteiger partial charge in [0.05, 0.1) is 55.5 Å². The third-order valence-electron chi connectivity index (χ3n) is 12.2. The van der Waals surface area contributed by atoms with Crippen molar-refractivity contribution in [2.24, 2.45) is 11.8 Å². The van der Waals surface area contributed by atoms with Crippen LogP contribution in [-0.2, 0) is 23.8 Å². The van der Waals surface area contributed by atoms with Crippen LogP contribution in [0.1, 0.15) is 62.0 Å². The molecule has 0 radical (unpaired) electrons. The van der Waals surface area contributed by atoms with Gasteiger partial charge >= 0.3 is 6.09 Å². The molecule has 2 aliphatic rings. The summed E-state index contributed by atoms with van der Waals surface area (Å²) in [5.74, 6) is 1.13. The Morgan fingerprint density at radius 2 is 1.63 bits per heavy atom. The zero-order valence-corrected chi connectivity index (χ0v) is 35.8. The lowest BCUT2D eigenvalue weighted by atomic mass is 9.99. The molecular formula is C48H54N8O6. The average molecular weight is 839 g/mol. The van der Waals surface area contributed by atoms with Gasteiger partial charge in [0.25, 0.3) is 5.91 Å². The van der Waals surface area contributed by atoms with Crippen LogP contribution in [0.3, 0.4) is 0 Å². The Labute approximate surface area is 361 Å². The highest BCUT2D eigenvalue weighted by Gasteiger charge is 2.44. The van der Waals surface area contributed by atoms with Crippen LogP contribution in [0.5, 0.6) is 0 Å². The van der Waals surface area contributed by atoms with Crippen molar-refractivity contribution in [3.63, 3.8) is 0 Å². The fourth-order valence-electron chi connectivity index (χ4n) is 8.96. The predicted molar refractivity (Wildman–Crippen MR) is 238 cm³/mol. The minimum atomic E-state index is -0.979. The summed E-state index contributed by atoms with van der Waals surface area (Å²) in [4.78, 5) is 61.1. The van der Waals surface area contributed by atoms with Crippen molar-refractivity contribution in [3.8, 4) is 22.4 Å². The number of alkyl carbamates (subject to hydrolysis) is 1. The summed E-state index contributed by atoms with van der Waals surface area (Å²) in [6.45, 7) is 10.2. The normalized spacial score (nSPS) is 18.8. The van der Waals surface area contributed by atoms with Crippen LogP contribution in [0.15, 0.2) is 103 Å². The van der Waals surface area contributed by atoms with Crippen LogP contribution >= 0.6 is 0 Å². The number of aromatic amines is 2. The average Bonchev–Trinajstić information content (AvgIpc) is 4.12. The number of H-pyrrole nitrogens is 2. The Morgan fingerprint density at radius 1 is 0.871 bits per heavy atom. The number of fused-ring (bicyclic) bond motifs is 3. The van der Waals surface area contributed by atoms with E-state index in [2.05, 4.69) is 81.8 Å². The number of ether oxygens (including phenoxy) is 3. The van der Waals surface area contributed by atoms with E-state index in [9.17, 15) is 14.4 Å². The number of rotatable bonds is 14. The molecule has 3 amide bonds. The molecule has 5 unspecified atom stereocenters. The highest BCUT2D eigenvalue weighted by molar-refractivity contribution is 6.05. The van der Waals surface area contributed by atoms with Gasteiger partial charge in [0.2, 0.25) is 5.91 Å². The maximum Gasteiger partial charge on any atom is 0.407 e. The van der Waals surface area contributed by atoms with E-state index in [4.69, 9.17) is 24.2 Å². The standard InChI is InChI=1S/C48H54N8O6/c1-28(2)40(50-27-61-5)46(57)55-22-10-13-39(55)44-51-37-21-19-34-23-33(18-20-36(34)42(37)53-44)30-14-16-31(17-15-30)38-24-49-45(52-38)43-29(3)35(26-60-4)25-56(43)47(58)41(54-48(59)62-6)32-11-8-7-9-12-32/h7-9,11-12,14-21,23-24,28,35,39-41,43,50H,3,10,13,22,25-27H2,1-2,4-6H3,(H,49,52)(H,51,53)(H,54,59). The van der Waals surface area contributed by atoms with Crippen molar-refractivity contribution < 1.29 is 28.6 Å². The summed E-state index contributed by atoms with van der Waals surface area (Å²) in [6, 6.07) is 26.0. The van der Waals surface area contributed by atoms with Gasteiger partial charge in [0.15, 0.2) is 0 Å². The first-order valence-electron chi connectivity index (χ1n) is 21.1. The van der Waals surface area contributed by atoms with Crippen molar-refractivity contribution in [3.05, 3.63) is 120 Å². The molecule has 2 aliphatic heterocycles. The monoisotopic (exact) mass is 838 g/mol. The molecule has 2 saturated heterocycles. The van der Waals surface area contributed by atoms with E-state index in [0.717, 1.165) is 68.4 Å². The number of carbonyl (C=O) groups excluding carboxylic acids is 3. The smallest absolute Gasteiger partial charge is 0.407 e. The van der Waals surface area contributed by atoms with Gasteiger partial charge in [-0.3, -0.25) is 14.9 Å². The number of benzene rings is 4. The molecule has 6 aromatic rings. The summed E-state index contributed by atoms with van der Waals surface area (Å²) in [5.41, 5.74) is 7.09. The van der Waals surface area contributed by atoms with Gasteiger partial charge in [-0.2, -0.15) is 0 Å². The van der Waals surface area contributed by atoms with Crippen molar-refractivity contribution in [1.82, 2.24) is 40.4 Å². The molecule has 322 valence electrons. The molecule has 2 fully saturated rings. The lowest BCUT2D eigenvalue weighted by Crippen LogP contribution is -2.49. The molecule has 0 bridgehead atoms. The van der Waals surface area contributed by atoms with E-state index in [0.29, 0.717) is 37.8 Å². The van der Waals surface area contributed by atoms with E-state index in [1.807, 2.05) is 36.9 Å². The molecule has 8 rings (SSSR count). The van der Waals surface area contributed by atoms with Crippen molar-refractivity contribution in [2.45, 2.75) is 50.9 Å². The number of hydrogen-bond donors (Lipinski definition) is 4. The molecule has 0 spiro atoms. The largest absolute Gasteiger partial charge is 0.453 e. The first kappa shape index (κ1) is 42.3. The number of hydrogen-bond acceptors (Lipinski definition) is 9. The number of carbonyl (C=O) groups is 3. The molecule has 2 aromatic heterocycles. The van der Waals surface area contributed by atoms with Gasteiger partial charge in [-0.15, -0.1) is 0 Å². The number of nitrogens with one attached hydrogen (secondary N) is 4. The molecular weight excluding hydrogens is 785 g/mol. The molecule has 4 heterocycles. The lowest BCUT2D eigenvalue weighted by Gasteiger charge is -2.30. The van der Waals surface area contributed by atoms with Crippen molar-refractivity contribution in [2.75, 3.05) is 47.8 Å². The fourth-order valence-corrected chi connectivity index (χ4v) is 8.96. The minimum Gasteiger partial charge on any atom is -0.453 e. The molecule has 14 nitrogen and oxygen atoms in total. The predicted octanol–water partition coefficient (Wildman–Crippen LogP) is 7.45. The third-order valence-corrected chi connectivity index (χ3v) is 12.2. The van der Waals surface area contributed by atoms with E-state index in [1.165, 1.54) is 7.11 Å². The second kappa shape index (κ2) is 18.3. The van der Waals surface area contributed by atoms with Gasteiger partial charge in [-0.05, 0) is 64.1 Å². The van der Waals surface area contributed by atoms with Crippen LogP contribution in [0.2, 0.25) is 0 Å². The van der Waals surface area contributed by atoms with Crippen LogP contribution < -0.4 is 10.6 Å². The van der Waals surface area contributed by atoms with Crippen molar-refractivity contribution >= 4 is 39.7 Å². The number of likely N-dealkylation sites (tertiary alicyclic amines) is 2. The van der Waals surface area contributed by atoms with Crippen LogP contribution in [0.4, 0.5) is 4.79 Å². The molecule has 0 aliphatic carbocycles. The van der Waals surface area contributed by atoms with E-state index in [-0.39, 0.29) is 35.7 Å². The Balaban J connectivity index is 1.02. The maximum atomic E-state index is 14.3. The number of methoxy groups -OCH3 is 3. The van der Waals surface area contributed by atoms with Crippen LogP contribution in [0.25, 0.3) is 44.2 Å². The van der Waals surface area contributed by atoms with E-state index < -0.39 is 18.2 Å². The Hall–Kier alpha value is -6.35. The summed E-state index contributed by atoms with van der Waals surface area (Å²) >= 11 is 0. The van der Waals surface area contributed by atoms with Gasteiger partial charge < -0.3 is 39.3 Å². The number of nitrogens with zero attached hydrogens (tertiary/aromatic N) is 4. The maximum absolute atomic E-state index is 14.3. The number of imidazole rings is 2. The van der Waals surface area contributed by atoms with Crippen LogP contribution in [0, 0.1) is 11.8 Å². The number of amides is 3. The van der Waals surface area contributed by atoms with Gasteiger partial charge in [-0.25, -0.2) is 14.8 Å². The van der Waals surface area contributed by atoms with Crippen molar-refractivity contribution in [1.29, 1.82) is 0 Å². The first-order chi connectivity index (χ1) is 30.1. The third kappa shape index (κ3) is 8.33. The zero-order valence-electron chi connectivity index (χ0n) is 35.8. The summed E-state index contributed by atoms with van der Waals surface area (Å²) < 4.78 is 15.6. The topological polar surface area (TPSA) is 167 Å². The SMILES string of the molecule is C=C1C(COC)CN(C(=O)C(NC(=O)OC)c2ccccc2)C1c1ncc(-c2ccc(-c3ccc4c(ccc5[nH]c(C6CCCN6C(=O)C(NCOC)C(C)C)nc54)c3)cc2)[nH]1. The molecule has 0 saturated carbocycles. The Morgan fingerprint density at radius 3 is 2.35 bits per heavy atom. The van der Waals surface area contributed by atoms with E-state index >= 15 is 0 Å². The van der Waals surface area contributed by atoms with E-state index in [1.54, 1.807) is 37.4 Å². The lowest BCUT2D eigenvalue weighted by molar-refractivity contribution is -0.136. The summed E-state index contributed by atoms with van der Waals surface area (Å²) in [5, 5.41) is 8.08. The molecule has 4 N–H and O–H groups in total. The van der Waals surface area contributed by atoms with Gasteiger partial charge in [0, 0.05) is 38.6 Å². The Kier molecular flexibility index (Phi) is 12.5. The zero-order chi connectivity index (χ0) is 43.5. The molecule has 14 heteroatoms. The second-order valence-electron chi connectivity index (χ2n) is 16.4. The van der Waals surface area contributed by atoms with Crippen LogP contribution in [-0.4, -0.2) is 101 Å². The highest BCUT2D eigenvalue weighted by Crippen LogP contribution is 2.41. The summed E-state index contributed by atoms with van der Waals surface area (Å²) in [7, 11) is 4.52. The van der Waals surface area contributed by atoms with Gasteiger partial charge in [-0.1, -0.05) is 93.2 Å². The quantitative estimate of drug-likeness (QED) is 0.0644. The molecule has 5 atom stereocenters. The fraction of sp³-hybridized carbons (Fsp3) is 0.354. The molecule has 4 aromatic carbocycles. The second-order valence-corrected chi connectivity index (χ2v) is 16.4. The number of aromatic nitrogens is 4.